The lowest BCUT2D eigenvalue weighted by Gasteiger charge is -2.16. The van der Waals surface area contributed by atoms with Crippen molar-refractivity contribution in [2.45, 2.75) is 98.3 Å². The molecule has 2 aromatic rings. The molecule has 0 fully saturated rings. The summed E-state index contributed by atoms with van der Waals surface area (Å²) in [5.41, 5.74) is 8.78. The van der Waals surface area contributed by atoms with Crippen LogP contribution >= 0.6 is 0 Å². The van der Waals surface area contributed by atoms with Crippen molar-refractivity contribution in [1.82, 2.24) is 4.90 Å². The molecule has 1 aliphatic rings. The Morgan fingerprint density at radius 1 is 0.824 bits per heavy atom. The molecular formula is C33H51N. The number of hydrogen-bond acceptors (Lipinski definition) is 1. The average molecular weight is 462 g/mol. The lowest BCUT2D eigenvalue weighted by molar-refractivity contribution is 0.352. The minimum Gasteiger partial charge on any atom is -0.306 e. The first kappa shape index (κ1) is 28.4. The van der Waals surface area contributed by atoms with Gasteiger partial charge in [0.1, 0.15) is 0 Å². The van der Waals surface area contributed by atoms with Crippen LogP contribution in [0.2, 0.25) is 0 Å². The van der Waals surface area contributed by atoms with E-state index in [0.717, 1.165) is 25.2 Å². The van der Waals surface area contributed by atoms with Crippen LogP contribution in [0.3, 0.4) is 0 Å². The van der Waals surface area contributed by atoms with Crippen molar-refractivity contribution in [3.8, 4) is 0 Å². The maximum absolute atomic E-state index is 4.39. The summed E-state index contributed by atoms with van der Waals surface area (Å²) in [6, 6.07) is 15.7. The number of benzene rings is 2. The van der Waals surface area contributed by atoms with Gasteiger partial charge in [-0.05, 0) is 84.9 Å². The predicted octanol–water partition coefficient (Wildman–Crippen LogP) is 8.93. The number of likely N-dealkylation sites (N-methyl/N-ethyl adjacent to an activating group) is 1. The van der Waals surface area contributed by atoms with E-state index in [1.165, 1.54) is 86.7 Å². The summed E-state index contributed by atoms with van der Waals surface area (Å²) in [7, 11) is 2.23. The monoisotopic (exact) mass is 461 g/mol. The summed E-state index contributed by atoms with van der Waals surface area (Å²) < 4.78 is 0. The van der Waals surface area contributed by atoms with Crippen LogP contribution in [0, 0.1) is 5.92 Å². The minimum atomic E-state index is 0.926. The van der Waals surface area contributed by atoms with Crippen molar-refractivity contribution in [1.29, 1.82) is 0 Å². The third kappa shape index (κ3) is 9.41. The second-order valence-electron chi connectivity index (χ2n) is 10.2. The number of allylic oxidation sites excluding steroid dienone is 1. The van der Waals surface area contributed by atoms with E-state index in [1.807, 2.05) is 0 Å². The Morgan fingerprint density at radius 2 is 1.41 bits per heavy atom. The Balaban J connectivity index is 0.000000340. The van der Waals surface area contributed by atoms with E-state index >= 15 is 0 Å². The molecule has 34 heavy (non-hydrogen) atoms. The number of aryl methyl sites for hydroxylation is 2. The highest BCUT2D eigenvalue weighted by Crippen LogP contribution is 2.27. The second kappa shape index (κ2) is 15.9. The van der Waals surface area contributed by atoms with Gasteiger partial charge in [0.2, 0.25) is 0 Å². The summed E-state index contributed by atoms with van der Waals surface area (Å²) >= 11 is 0. The maximum atomic E-state index is 4.39. The standard InChI is InChI=1S/C23H37N.C10H14/c1-5-8-20(9-6-2)11-7-10-19(3)22-13-12-21-14-16-24(4)17-15-23(21)18-22;1-3-9-7-5-6-8-10(9)4-2/h12-13,18,20H,3,5-11,14-17H2,1-2,4H3;5-8H,3-4H2,1-2H3. The molecule has 1 heterocycles. The molecule has 0 saturated heterocycles. The Hall–Kier alpha value is -1.86. The lowest BCUT2D eigenvalue weighted by Crippen LogP contribution is -2.20. The van der Waals surface area contributed by atoms with Crippen LogP contribution in [-0.4, -0.2) is 25.0 Å². The molecular weight excluding hydrogens is 410 g/mol. The van der Waals surface area contributed by atoms with Crippen molar-refractivity contribution in [2.24, 2.45) is 5.92 Å². The molecule has 0 bridgehead atoms. The minimum absolute atomic E-state index is 0.926. The van der Waals surface area contributed by atoms with Crippen molar-refractivity contribution in [3.05, 3.63) is 76.9 Å². The summed E-state index contributed by atoms with van der Waals surface area (Å²) in [6.07, 6.45) is 13.9. The van der Waals surface area contributed by atoms with Gasteiger partial charge in [-0.25, -0.2) is 0 Å². The van der Waals surface area contributed by atoms with Gasteiger partial charge in [0.25, 0.3) is 0 Å². The van der Waals surface area contributed by atoms with Gasteiger partial charge in [0.05, 0.1) is 0 Å². The van der Waals surface area contributed by atoms with E-state index in [-0.39, 0.29) is 0 Å². The van der Waals surface area contributed by atoms with Crippen LogP contribution < -0.4 is 0 Å². The molecule has 2 aromatic carbocycles. The Morgan fingerprint density at radius 3 is 1.97 bits per heavy atom. The van der Waals surface area contributed by atoms with Crippen LogP contribution in [0.25, 0.3) is 5.57 Å². The van der Waals surface area contributed by atoms with Crippen molar-refractivity contribution in [2.75, 3.05) is 20.1 Å². The van der Waals surface area contributed by atoms with Crippen LogP contribution in [0.5, 0.6) is 0 Å². The van der Waals surface area contributed by atoms with E-state index < -0.39 is 0 Å². The van der Waals surface area contributed by atoms with Gasteiger partial charge in [-0.2, -0.15) is 0 Å². The van der Waals surface area contributed by atoms with Gasteiger partial charge in [0.15, 0.2) is 0 Å². The molecule has 1 nitrogen and oxygen atoms in total. The quantitative estimate of drug-likeness (QED) is 0.323. The van der Waals surface area contributed by atoms with E-state index in [9.17, 15) is 0 Å². The zero-order valence-electron chi connectivity index (χ0n) is 23.0. The molecule has 0 atom stereocenters. The van der Waals surface area contributed by atoms with E-state index in [2.05, 4.69) is 88.7 Å². The molecule has 0 unspecified atom stereocenters. The Kier molecular flexibility index (Phi) is 13.3. The normalized spacial score (nSPS) is 13.7. The first-order chi connectivity index (χ1) is 16.5. The molecule has 0 amide bonds. The fourth-order valence-corrected chi connectivity index (χ4v) is 5.30. The molecule has 0 aliphatic carbocycles. The smallest absolute Gasteiger partial charge is 0.00190 e. The van der Waals surface area contributed by atoms with Gasteiger partial charge in [-0.15, -0.1) is 0 Å². The molecule has 0 spiro atoms. The van der Waals surface area contributed by atoms with Gasteiger partial charge >= 0.3 is 0 Å². The zero-order valence-corrected chi connectivity index (χ0v) is 23.0. The van der Waals surface area contributed by atoms with Crippen LogP contribution in [0.4, 0.5) is 0 Å². The van der Waals surface area contributed by atoms with Crippen molar-refractivity contribution < 1.29 is 0 Å². The molecule has 188 valence electrons. The van der Waals surface area contributed by atoms with E-state index in [1.54, 1.807) is 11.1 Å². The van der Waals surface area contributed by atoms with Gasteiger partial charge in [-0.3, -0.25) is 0 Å². The van der Waals surface area contributed by atoms with Crippen LogP contribution in [0.15, 0.2) is 49.0 Å². The highest BCUT2D eigenvalue weighted by Gasteiger charge is 2.13. The topological polar surface area (TPSA) is 3.24 Å². The molecule has 3 rings (SSSR count). The maximum Gasteiger partial charge on any atom is 0.00190 e. The largest absolute Gasteiger partial charge is 0.306 e. The summed E-state index contributed by atoms with van der Waals surface area (Å²) in [5, 5.41) is 0. The summed E-state index contributed by atoms with van der Waals surface area (Å²) in [5.74, 6) is 0.926. The molecule has 1 aliphatic heterocycles. The Bertz CT molecular complexity index is 820. The van der Waals surface area contributed by atoms with E-state index in [4.69, 9.17) is 0 Å². The number of fused-ring (bicyclic) bond motifs is 1. The number of hydrogen-bond donors (Lipinski definition) is 0. The van der Waals surface area contributed by atoms with Crippen molar-refractivity contribution >= 4 is 5.57 Å². The SMILES string of the molecule is C=C(CCCC(CCC)CCC)c1ccc2c(c1)CCN(C)CC2.CCc1ccccc1CC. The highest BCUT2D eigenvalue weighted by molar-refractivity contribution is 5.64. The summed E-state index contributed by atoms with van der Waals surface area (Å²) in [4.78, 5) is 2.44. The third-order valence-corrected chi connectivity index (χ3v) is 7.51. The van der Waals surface area contributed by atoms with Crippen LogP contribution in [0.1, 0.15) is 100 Å². The number of rotatable bonds is 11. The molecule has 0 N–H and O–H groups in total. The molecule has 1 heteroatoms. The average Bonchev–Trinajstić information content (AvgIpc) is 3.05. The number of nitrogens with zero attached hydrogens (tertiary/aromatic N) is 1. The van der Waals surface area contributed by atoms with E-state index in [0.29, 0.717) is 0 Å². The first-order valence-electron chi connectivity index (χ1n) is 14.1. The lowest BCUT2D eigenvalue weighted by atomic mass is 9.90. The molecule has 0 radical (unpaired) electrons. The fourth-order valence-electron chi connectivity index (χ4n) is 5.30. The molecule has 0 aromatic heterocycles. The fraction of sp³-hybridized carbons (Fsp3) is 0.576. The van der Waals surface area contributed by atoms with Crippen molar-refractivity contribution in [3.63, 3.8) is 0 Å². The highest BCUT2D eigenvalue weighted by atomic mass is 15.1. The van der Waals surface area contributed by atoms with Gasteiger partial charge in [-0.1, -0.05) is 109 Å². The zero-order chi connectivity index (χ0) is 24.8. The third-order valence-electron chi connectivity index (χ3n) is 7.51. The predicted molar refractivity (Wildman–Crippen MR) is 153 cm³/mol. The second-order valence-corrected chi connectivity index (χ2v) is 10.2. The van der Waals surface area contributed by atoms with Gasteiger partial charge < -0.3 is 4.90 Å². The summed E-state index contributed by atoms with van der Waals surface area (Å²) in [6.45, 7) is 15.8. The van der Waals surface area contributed by atoms with Gasteiger partial charge in [0, 0.05) is 13.1 Å². The van der Waals surface area contributed by atoms with Crippen LogP contribution in [-0.2, 0) is 25.7 Å². The molecule has 0 saturated carbocycles. The first-order valence-corrected chi connectivity index (χ1v) is 14.1. The Labute approximate surface area is 211 Å².